The van der Waals surface area contributed by atoms with Crippen LogP contribution in [0, 0.1) is 0 Å². The quantitative estimate of drug-likeness (QED) is 0.886. The largest absolute Gasteiger partial charge is 0.496 e. The zero-order valence-corrected chi connectivity index (χ0v) is 12.8. The molecule has 1 atom stereocenters. The maximum atomic E-state index is 5.23. The second kappa shape index (κ2) is 6.73. The lowest BCUT2D eigenvalue weighted by atomic mass is 10.1. The van der Waals surface area contributed by atoms with Crippen LogP contribution in [-0.2, 0) is 6.54 Å². The van der Waals surface area contributed by atoms with Crippen molar-refractivity contribution in [1.82, 2.24) is 5.32 Å². The van der Waals surface area contributed by atoms with Crippen LogP contribution in [0.1, 0.15) is 24.1 Å². The van der Waals surface area contributed by atoms with Gasteiger partial charge in [0, 0.05) is 12.6 Å². The molecule has 0 saturated heterocycles. The Morgan fingerprint density at radius 3 is 2.53 bits per heavy atom. The van der Waals surface area contributed by atoms with Gasteiger partial charge < -0.3 is 10.1 Å². The van der Waals surface area contributed by atoms with Gasteiger partial charge in [-0.1, -0.05) is 36.4 Å². The van der Waals surface area contributed by atoms with Crippen LogP contribution in [0.5, 0.6) is 5.75 Å². The summed E-state index contributed by atoms with van der Waals surface area (Å²) in [6, 6.07) is 16.9. The van der Waals surface area contributed by atoms with Gasteiger partial charge in [-0.15, -0.1) is 0 Å². The molecule has 0 spiro atoms. The van der Waals surface area contributed by atoms with Crippen molar-refractivity contribution in [1.29, 1.82) is 0 Å². The minimum absolute atomic E-state index is 0.335. The van der Waals surface area contributed by atoms with E-state index in [1.165, 1.54) is 11.1 Å². The van der Waals surface area contributed by atoms with Gasteiger partial charge in [0.15, 0.2) is 0 Å². The Hall–Kier alpha value is -1.32. The van der Waals surface area contributed by atoms with Gasteiger partial charge in [0.1, 0.15) is 5.75 Å². The molecular weight excluding hydrogens is 302 g/mol. The number of hydrogen-bond acceptors (Lipinski definition) is 2. The van der Waals surface area contributed by atoms with Crippen molar-refractivity contribution >= 4 is 15.9 Å². The van der Waals surface area contributed by atoms with Crippen LogP contribution in [0.15, 0.2) is 53.0 Å². The van der Waals surface area contributed by atoms with E-state index in [9.17, 15) is 0 Å². The summed E-state index contributed by atoms with van der Waals surface area (Å²) < 4.78 is 6.22. The average molecular weight is 320 g/mol. The van der Waals surface area contributed by atoms with E-state index in [1.54, 1.807) is 7.11 Å². The van der Waals surface area contributed by atoms with Gasteiger partial charge in [-0.3, -0.25) is 0 Å². The molecule has 2 nitrogen and oxygen atoms in total. The maximum absolute atomic E-state index is 5.23. The Balaban J connectivity index is 1.97. The zero-order valence-electron chi connectivity index (χ0n) is 11.2. The van der Waals surface area contributed by atoms with Crippen LogP contribution >= 0.6 is 15.9 Å². The molecule has 3 heteroatoms. The molecule has 0 aliphatic rings. The molecular formula is C16H18BrNO. The third-order valence-electron chi connectivity index (χ3n) is 3.13. The lowest BCUT2D eigenvalue weighted by Crippen LogP contribution is -2.17. The monoisotopic (exact) mass is 319 g/mol. The van der Waals surface area contributed by atoms with Crippen molar-refractivity contribution in [2.75, 3.05) is 7.11 Å². The van der Waals surface area contributed by atoms with Crippen molar-refractivity contribution in [2.45, 2.75) is 19.5 Å². The Labute approximate surface area is 122 Å². The van der Waals surface area contributed by atoms with Crippen LogP contribution < -0.4 is 10.1 Å². The molecule has 0 aliphatic heterocycles. The highest BCUT2D eigenvalue weighted by atomic mass is 79.9. The first-order chi connectivity index (χ1) is 9.20. The number of hydrogen-bond donors (Lipinski definition) is 1. The lowest BCUT2D eigenvalue weighted by Gasteiger charge is -2.14. The molecule has 0 aromatic heterocycles. The van der Waals surface area contributed by atoms with E-state index in [0.717, 1.165) is 16.8 Å². The molecule has 0 radical (unpaired) electrons. The number of rotatable bonds is 5. The summed E-state index contributed by atoms with van der Waals surface area (Å²) in [5, 5.41) is 3.52. The first kappa shape index (κ1) is 14.1. The van der Waals surface area contributed by atoms with E-state index in [0.29, 0.717) is 6.04 Å². The van der Waals surface area contributed by atoms with Crippen LogP contribution in [0.25, 0.3) is 0 Å². The zero-order chi connectivity index (χ0) is 13.7. The lowest BCUT2D eigenvalue weighted by molar-refractivity contribution is 0.412. The molecule has 0 heterocycles. The highest BCUT2D eigenvalue weighted by Crippen LogP contribution is 2.25. The number of ether oxygens (including phenoxy) is 1. The van der Waals surface area contributed by atoms with E-state index >= 15 is 0 Å². The molecule has 0 saturated carbocycles. The fourth-order valence-electron chi connectivity index (χ4n) is 1.95. The fraction of sp³-hybridized carbons (Fsp3) is 0.250. The molecule has 0 bridgehead atoms. The highest BCUT2D eigenvalue weighted by molar-refractivity contribution is 9.10. The molecule has 0 aliphatic carbocycles. The molecule has 100 valence electrons. The summed E-state index contributed by atoms with van der Waals surface area (Å²) in [5.41, 5.74) is 2.53. The summed E-state index contributed by atoms with van der Waals surface area (Å²) in [7, 11) is 1.68. The first-order valence-electron chi connectivity index (χ1n) is 6.31. The third-order valence-corrected chi connectivity index (χ3v) is 3.75. The summed E-state index contributed by atoms with van der Waals surface area (Å²) in [6.45, 7) is 3.01. The van der Waals surface area contributed by atoms with Gasteiger partial charge in [-0.25, -0.2) is 0 Å². The Bertz CT molecular complexity index is 528. The highest BCUT2D eigenvalue weighted by Gasteiger charge is 2.05. The molecule has 2 aromatic rings. The normalized spacial score (nSPS) is 12.2. The topological polar surface area (TPSA) is 21.3 Å². The summed E-state index contributed by atoms with van der Waals surface area (Å²) in [4.78, 5) is 0. The molecule has 0 fully saturated rings. The van der Waals surface area contributed by atoms with Crippen molar-refractivity contribution in [2.24, 2.45) is 0 Å². The van der Waals surface area contributed by atoms with Crippen molar-refractivity contribution < 1.29 is 4.74 Å². The number of nitrogens with one attached hydrogen (secondary N) is 1. The Morgan fingerprint density at radius 1 is 1.16 bits per heavy atom. The minimum Gasteiger partial charge on any atom is -0.496 e. The molecule has 19 heavy (non-hydrogen) atoms. The van der Waals surface area contributed by atoms with Crippen molar-refractivity contribution in [3.8, 4) is 5.75 Å². The van der Waals surface area contributed by atoms with Gasteiger partial charge in [0.25, 0.3) is 0 Å². The third kappa shape index (κ3) is 3.82. The Kier molecular flexibility index (Phi) is 5.00. The van der Waals surface area contributed by atoms with Gasteiger partial charge in [-0.2, -0.15) is 0 Å². The molecule has 2 aromatic carbocycles. The Morgan fingerprint density at radius 2 is 1.89 bits per heavy atom. The minimum atomic E-state index is 0.335. The van der Waals surface area contributed by atoms with Crippen LogP contribution in [0.3, 0.4) is 0 Å². The van der Waals surface area contributed by atoms with E-state index in [4.69, 9.17) is 4.74 Å². The average Bonchev–Trinajstić information content (AvgIpc) is 2.46. The van der Waals surface area contributed by atoms with E-state index < -0.39 is 0 Å². The summed E-state index contributed by atoms with van der Waals surface area (Å²) in [6.07, 6.45) is 0. The molecule has 2 rings (SSSR count). The van der Waals surface area contributed by atoms with Crippen LogP contribution in [0.4, 0.5) is 0 Å². The summed E-state index contributed by atoms with van der Waals surface area (Å²) >= 11 is 3.51. The number of benzene rings is 2. The number of halogens is 1. The summed E-state index contributed by atoms with van der Waals surface area (Å²) in [5.74, 6) is 0.861. The second-order valence-electron chi connectivity index (χ2n) is 4.48. The van der Waals surface area contributed by atoms with E-state index in [1.807, 2.05) is 12.1 Å². The predicted molar refractivity (Wildman–Crippen MR) is 82.4 cm³/mol. The van der Waals surface area contributed by atoms with E-state index in [2.05, 4.69) is 64.6 Å². The van der Waals surface area contributed by atoms with Crippen LogP contribution in [-0.4, -0.2) is 7.11 Å². The standard InChI is InChI=1S/C16H18BrNO/c1-12(14-6-4-3-5-7-14)18-11-13-8-9-16(19-2)15(17)10-13/h3-10,12,18H,11H2,1-2H3/t12-/m0/s1. The van der Waals surface area contributed by atoms with Gasteiger partial charge in [0.2, 0.25) is 0 Å². The van der Waals surface area contributed by atoms with Crippen molar-refractivity contribution in [3.05, 3.63) is 64.1 Å². The van der Waals surface area contributed by atoms with E-state index in [-0.39, 0.29) is 0 Å². The maximum Gasteiger partial charge on any atom is 0.133 e. The SMILES string of the molecule is COc1ccc(CN[C@@H](C)c2ccccc2)cc1Br. The van der Waals surface area contributed by atoms with Gasteiger partial charge in [0.05, 0.1) is 11.6 Å². The number of methoxy groups -OCH3 is 1. The molecule has 0 amide bonds. The first-order valence-corrected chi connectivity index (χ1v) is 7.10. The van der Waals surface area contributed by atoms with Gasteiger partial charge >= 0.3 is 0 Å². The molecule has 0 unspecified atom stereocenters. The fourth-order valence-corrected chi connectivity index (χ4v) is 2.54. The smallest absolute Gasteiger partial charge is 0.133 e. The second-order valence-corrected chi connectivity index (χ2v) is 5.34. The van der Waals surface area contributed by atoms with Gasteiger partial charge in [-0.05, 0) is 46.1 Å². The molecule has 1 N–H and O–H groups in total. The van der Waals surface area contributed by atoms with Crippen LogP contribution in [0.2, 0.25) is 0 Å². The predicted octanol–water partition coefficient (Wildman–Crippen LogP) is 4.31. The van der Waals surface area contributed by atoms with Crippen molar-refractivity contribution in [3.63, 3.8) is 0 Å².